The highest BCUT2D eigenvalue weighted by molar-refractivity contribution is 7.89. The Kier molecular flexibility index (Phi) is 8.15. The molecule has 1 fully saturated rings. The Labute approximate surface area is 190 Å². The van der Waals surface area contributed by atoms with Gasteiger partial charge in [-0.15, -0.1) is 0 Å². The van der Waals surface area contributed by atoms with Gasteiger partial charge in [0.05, 0.1) is 18.0 Å². The van der Waals surface area contributed by atoms with Crippen LogP contribution >= 0.6 is 0 Å². The van der Waals surface area contributed by atoms with Gasteiger partial charge in [0.1, 0.15) is 18.1 Å². The van der Waals surface area contributed by atoms with Crippen LogP contribution in [-0.4, -0.2) is 51.5 Å². The largest absolute Gasteiger partial charge is 0.496 e. The van der Waals surface area contributed by atoms with E-state index in [1.54, 1.807) is 18.2 Å². The lowest BCUT2D eigenvalue weighted by Gasteiger charge is -2.18. The maximum atomic E-state index is 12.9. The summed E-state index contributed by atoms with van der Waals surface area (Å²) in [5, 5.41) is 2.93. The molecule has 32 heavy (non-hydrogen) atoms. The molecule has 1 amide bonds. The van der Waals surface area contributed by atoms with E-state index in [9.17, 15) is 13.2 Å². The second-order valence-corrected chi connectivity index (χ2v) is 10.1. The van der Waals surface area contributed by atoms with Gasteiger partial charge in [-0.1, -0.05) is 17.7 Å². The minimum atomic E-state index is -3.52. The van der Waals surface area contributed by atoms with Gasteiger partial charge in [0.2, 0.25) is 15.9 Å². The van der Waals surface area contributed by atoms with Crippen LogP contribution in [0, 0.1) is 6.92 Å². The molecule has 0 aliphatic carbocycles. The molecule has 2 aromatic rings. The van der Waals surface area contributed by atoms with Crippen molar-refractivity contribution in [1.82, 2.24) is 9.62 Å². The van der Waals surface area contributed by atoms with E-state index in [1.165, 1.54) is 11.4 Å². The summed E-state index contributed by atoms with van der Waals surface area (Å²) in [5.74, 6) is 1.21. The van der Waals surface area contributed by atoms with Crippen molar-refractivity contribution < 1.29 is 22.7 Å². The quantitative estimate of drug-likeness (QED) is 0.588. The summed E-state index contributed by atoms with van der Waals surface area (Å²) in [4.78, 5) is 12.7. The highest BCUT2D eigenvalue weighted by atomic mass is 32.2. The molecule has 1 atom stereocenters. The van der Waals surface area contributed by atoms with E-state index < -0.39 is 10.0 Å². The number of aryl methyl sites for hydroxylation is 2. The van der Waals surface area contributed by atoms with Gasteiger partial charge in [0.25, 0.3) is 0 Å². The molecule has 0 aromatic heterocycles. The number of nitrogens with zero attached hydrogens (tertiary/aromatic N) is 1. The molecule has 174 valence electrons. The molecule has 8 heteroatoms. The summed E-state index contributed by atoms with van der Waals surface area (Å²) in [5.41, 5.74) is 1.86. The number of carbonyl (C=O) groups is 1. The SMILES string of the molecule is COc1ccc(S(=O)(=O)N2CCCC2)cc1CCC(=O)N[C@@H](C)COc1ccc(C)cc1. The summed E-state index contributed by atoms with van der Waals surface area (Å²) in [7, 11) is -1.98. The van der Waals surface area contributed by atoms with Crippen LogP contribution in [0.3, 0.4) is 0 Å². The van der Waals surface area contributed by atoms with Gasteiger partial charge in [0, 0.05) is 19.5 Å². The Morgan fingerprint density at radius 1 is 1.12 bits per heavy atom. The number of benzene rings is 2. The molecule has 1 heterocycles. The fraction of sp³-hybridized carbons (Fsp3) is 0.458. The number of hydrogen-bond donors (Lipinski definition) is 1. The van der Waals surface area contributed by atoms with Gasteiger partial charge in [-0.2, -0.15) is 4.31 Å². The predicted molar refractivity (Wildman–Crippen MR) is 124 cm³/mol. The van der Waals surface area contributed by atoms with Crippen LogP contribution in [0.25, 0.3) is 0 Å². The number of ether oxygens (including phenoxy) is 2. The molecule has 0 unspecified atom stereocenters. The maximum Gasteiger partial charge on any atom is 0.243 e. The van der Waals surface area contributed by atoms with Crippen molar-refractivity contribution >= 4 is 15.9 Å². The average Bonchev–Trinajstić information content (AvgIpc) is 3.33. The van der Waals surface area contributed by atoms with Crippen molar-refractivity contribution in [3.8, 4) is 11.5 Å². The van der Waals surface area contributed by atoms with E-state index in [-0.39, 0.29) is 23.3 Å². The molecule has 1 aliphatic rings. The van der Waals surface area contributed by atoms with Crippen LogP contribution in [0.4, 0.5) is 0 Å². The first-order valence-corrected chi connectivity index (χ1v) is 12.4. The van der Waals surface area contributed by atoms with Gasteiger partial charge >= 0.3 is 0 Å². The van der Waals surface area contributed by atoms with Gasteiger partial charge in [-0.25, -0.2) is 8.42 Å². The van der Waals surface area contributed by atoms with Crippen LogP contribution in [0.2, 0.25) is 0 Å². The summed E-state index contributed by atoms with van der Waals surface area (Å²) in [6, 6.07) is 12.5. The summed E-state index contributed by atoms with van der Waals surface area (Å²) in [6.07, 6.45) is 2.37. The highest BCUT2D eigenvalue weighted by Gasteiger charge is 2.27. The highest BCUT2D eigenvalue weighted by Crippen LogP contribution is 2.27. The van der Waals surface area contributed by atoms with E-state index in [0.717, 1.165) is 24.2 Å². The number of carbonyl (C=O) groups excluding carboxylic acids is 1. The number of nitrogens with one attached hydrogen (secondary N) is 1. The molecule has 0 spiro atoms. The van der Waals surface area contributed by atoms with E-state index in [2.05, 4.69) is 5.32 Å². The molecule has 7 nitrogen and oxygen atoms in total. The number of hydrogen-bond acceptors (Lipinski definition) is 5. The van der Waals surface area contributed by atoms with Crippen molar-refractivity contribution in [1.29, 1.82) is 0 Å². The van der Waals surface area contributed by atoms with Crippen molar-refractivity contribution in [3.05, 3.63) is 53.6 Å². The minimum Gasteiger partial charge on any atom is -0.496 e. The Bertz CT molecular complexity index is 1020. The van der Waals surface area contributed by atoms with E-state index in [0.29, 0.717) is 37.4 Å². The van der Waals surface area contributed by atoms with Crippen LogP contribution < -0.4 is 14.8 Å². The second kappa shape index (κ2) is 10.8. The predicted octanol–water partition coefficient (Wildman–Crippen LogP) is 3.30. The van der Waals surface area contributed by atoms with Crippen LogP contribution in [0.5, 0.6) is 11.5 Å². The van der Waals surface area contributed by atoms with Crippen LogP contribution in [-0.2, 0) is 21.2 Å². The third-order valence-electron chi connectivity index (χ3n) is 5.50. The summed E-state index contributed by atoms with van der Waals surface area (Å²) in [6.45, 7) is 5.36. The third kappa shape index (κ3) is 6.23. The van der Waals surface area contributed by atoms with E-state index in [1.807, 2.05) is 38.1 Å². The zero-order valence-electron chi connectivity index (χ0n) is 19.0. The van der Waals surface area contributed by atoms with E-state index >= 15 is 0 Å². The number of amides is 1. The fourth-order valence-electron chi connectivity index (χ4n) is 3.68. The van der Waals surface area contributed by atoms with Gasteiger partial charge in [0.15, 0.2) is 0 Å². The zero-order valence-corrected chi connectivity index (χ0v) is 19.8. The first-order valence-electron chi connectivity index (χ1n) is 11.0. The Morgan fingerprint density at radius 2 is 1.81 bits per heavy atom. The number of sulfonamides is 1. The standard InChI is InChI=1S/C24H32N2O5S/c1-18-6-9-21(10-7-18)31-17-19(2)25-24(27)13-8-20-16-22(11-12-23(20)30-3)32(28,29)26-14-4-5-15-26/h6-7,9-12,16,19H,4-5,8,13-15,17H2,1-3H3,(H,25,27)/t19-/m0/s1. The lowest BCUT2D eigenvalue weighted by atomic mass is 10.1. The van der Waals surface area contributed by atoms with Gasteiger partial charge in [-0.3, -0.25) is 4.79 Å². The van der Waals surface area contributed by atoms with E-state index in [4.69, 9.17) is 9.47 Å². The molecular weight excluding hydrogens is 428 g/mol. The maximum absolute atomic E-state index is 12.9. The molecule has 1 aliphatic heterocycles. The van der Waals surface area contributed by atoms with Crippen LogP contribution in [0.15, 0.2) is 47.4 Å². The first-order chi connectivity index (χ1) is 15.3. The molecule has 1 saturated heterocycles. The summed E-state index contributed by atoms with van der Waals surface area (Å²) < 4.78 is 38.4. The average molecular weight is 461 g/mol. The topological polar surface area (TPSA) is 84.9 Å². The van der Waals surface area contributed by atoms with Gasteiger partial charge in [-0.05, 0) is 69.0 Å². The first kappa shape index (κ1) is 24.1. The van der Waals surface area contributed by atoms with Crippen molar-refractivity contribution in [2.24, 2.45) is 0 Å². The molecule has 2 aromatic carbocycles. The Balaban J connectivity index is 1.56. The lowest BCUT2D eigenvalue weighted by Crippen LogP contribution is -2.36. The molecule has 0 radical (unpaired) electrons. The summed E-state index contributed by atoms with van der Waals surface area (Å²) >= 11 is 0. The molecule has 3 rings (SSSR count). The van der Waals surface area contributed by atoms with Crippen molar-refractivity contribution in [3.63, 3.8) is 0 Å². The van der Waals surface area contributed by atoms with Gasteiger partial charge < -0.3 is 14.8 Å². The lowest BCUT2D eigenvalue weighted by molar-refractivity contribution is -0.121. The molecular formula is C24H32N2O5S. The Morgan fingerprint density at radius 3 is 2.47 bits per heavy atom. The smallest absolute Gasteiger partial charge is 0.243 e. The molecule has 0 saturated carbocycles. The normalized spacial score (nSPS) is 15.3. The fourth-order valence-corrected chi connectivity index (χ4v) is 5.25. The Hall–Kier alpha value is -2.58. The minimum absolute atomic E-state index is 0.125. The van der Waals surface area contributed by atoms with Crippen LogP contribution in [0.1, 0.15) is 37.3 Å². The second-order valence-electron chi connectivity index (χ2n) is 8.18. The number of rotatable bonds is 10. The molecule has 0 bridgehead atoms. The molecule has 1 N–H and O–H groups in total. The zero-order chi connectivity index (χ0) is 23.1. The van der Waals surface area contributed by atoms with Crippen molar-refractivity contribution in [2.75, 3.05) is 26.8 Å². The van der Waals surface area contributed by atoms with Crippen molar-refractivity contribution in [2.45, 2.75) is 50.5 Å². The monoisotopic (exact) mass is 460 g/mol. The third-order valence-corrected chi connectivity index (χ3v) is 7.40. The number of methoxy groups -OCH3 is 1.